The number of hydrogen-bond donors (Lipinski definition) is 0. The van der Waals surface area contributed by atoms with Gasteiger partial charge in [-0.25, -0.2) is 0 Å². The third kappa shape index (κ3) is 4.33. The van der Waals surface area contributed by atoms with E-state index < -0.39 is 0 Å². The van der Waals surface area contributed by atoms with Crippen LogP contribution in [-0.4, -0.2) is 0 Å². The fraction of sp³-hybridized carbons (Fsp3) is 0.0233. The maximum Gasteiger partial charge on any atom is 0.0581 e. The number of nitrogens with zero attached hydrogens (tertiary/aromatic N) is 1. The molecule has 1 heteroatoms. The Bertz CT molecular complexity index is 2220. The Balaban J connectivity index is 1.32. The second-order valence-electron chi connectivity index (χ2n) is 11.5. The third-order valence-electron chi connectivity index (χ3n) is 8.94. The van der Waals surface area contributed by atoms with E-state index in [9.17, 15) is 0 Å². The number of fused-ring (bicyclic) bond motifs is 8. The van der Waals surface area contributed by atoms with E-state index in [2.05, 4.69) is 170 Å². The minimum atomic E-state index is 0.823. The summed E-state index contributed by atoms with van der Waals surface area (Å²) in [6.07, 6.45) is 11.8. The molecule has 8 rings (SSSR count). The van der Waals surface area contributed by atoms with E-state index in [0.717, 1.165) is 34.5 Å². The van der Waals surface area contributed by atoms with Crippen molar-refractivity contribution in [2.45, 2.75) is 6.42 Å². The average Bonchev–Trinajstić information content (AvgIpc) is 3.20. The quantitative estimate of drug-likeness (QED) is 0.190. The van der Waals surface area contributed by atoms with Gasteiger partial charge in [-0.2, -0.15) is 0 Å². The minimum Gasteiger partial charge on any atom is -0.310 e. The molecule has 0 unspecified atom stereocenters. The highest BCUT2D eigenvalue weighted by Crippen LogP contribution is 2.45. The molecule has 1 nitrogen and oxygen atoms in total. The maximum atomic E-state index is 4.64. The number of hydrogen-bond acceptors (Lipinski definition) is 1. The summed E-state index contributed by atoms with van der Waals surface area (Å²) in [6, 6.07) is 43.6. The molecule has 0 saturated carbocycles. The lowest BCUT2D eigenvalue weighted by molar-refractivity contribution is 1.16. The molecule has 6 aromatic rings. The van der Waals surface area contributed by atoms with Crippen LogP contribution in [0.1, 0.15) is 33.4 Å². The van der Waals surface area contributed by atoms with Crippen LogP contribution in [-0.2, 0) is 6.42 Å². The summed E-state index contributed by atoms with van der Waals surface area (Å²) in [5.74, 6) is 0. The van der Waals surface area contributed by atoms with E-state index in [-0.39, 0.29) is 0 Å². The van der Waals surface area contributed by atoms with Gasteiger partial charge < -0.3 is 4.90 Å². The highest BCUT2D eigenvalue weighted by Gasteiger charge is 2.24. The molecule has 1 aliphatic heterocycles. The van der Waals surface area contributed by atoms with Crippen LogP contribution in [0.4, 0.5) is 11.4 Å². The summed E-state index contributed by atoms with van der Waals surface area (Å²) >= 11 is 0. The molecule has 0 saturated heterocycles. The molecule has 2 aliphatic rings. The molecule has 1 aliphatic carbocycles. The van der Waals surface area contributed by atoms with Crippen molar-refractivity contribution in [2.75, 3.05) is 4.90 Å². The van der Waals surface area contributed by atoms with Crippen LogP contribution in [0.3, 0.4) is 0 Å². The first kappa shape index (κ1) is 26.0. The second-order valence-corrected chi connectivity index (χ2v) is 11.5. The largest absolute Gasteiger partial charge is 0.310 e. The molecule has 0 fully saturated rings. The van der Waals surface area contributed by atoms with Crippen molar-refractivity contribution < 1.29 is 0 Å². The van der Waals surface area contributed by atoms with Gasteiger partial charge in [0.25, 0.3) is 0 Å². The Hall–Kier alpha value is -5.66. The molecule has 1 heterocycles. The summed E-state index contributed by atoms with van der Waals surface area (Å²) in [6.45, 7) is 9.01. The molecule has 44 heavy (non-hydrogen) atoms. The van der Waals surface area contributed by atoms with E-state index in [4.69, 9.17) is 0 Å². The van der Waals surface area contributed by atoms with Crippen molar-refractivity contribution in [1.29, 1.82) is 0 Å². The molecule has 6 aromatic carbocycles. The van der Waals surface area contributed by atoms with Crippen LogP contribution in [0, 0.1) is 0 Å². The number of anilines is 2. The second kappa shape index (κ2) is 10.6. The zero-order chi connectivity index (χ0) is 29.6. The number of benzene rings is 6. The smallest absolute Gasteiger partial charge is 0.0581 e. The third-order valence-corrected chi connectivity index (χ3v) is 8.94. The molecular weight excluding hydrogens is 530 g/mol. The zero-order valence-electron chi connectivity index (χ0n) is 24.5. The van der Waals surface area contributed by atoms with Crippen molar-refractivity contribution in [3.63, 3.8) is 0 Å². The van der Waals surface area contributed by atoms with Gasteiger partial charge in [0.2, 0.25) is 0 Å². The molecule has 0 aromatic heterocycles. The molecule has 0 amide bonds. The Kier molecular flexibility index (Phi) is 6.24. The number of rotatable bonds is 2. The van der Waals surface area contributed by atoms with E-state index in [1.54, 1.807) is 0 Å². The lowest BCUT2D eigenvalue weighted by atomic mass is 9.89. The average molecular weight is 562 g/mol. The Morgan fingerprint density at radius 3 is 1.93 bits per heavy atom. The van der Waals surface area contributed by atoms with Gasteiger partial charge >= 0.3 is 0 Å². The van der Waals surface area contributed by atoms with Crippen LogP contribution in [0.25, 0.3) is 44.8 Å². The molecule has 0 radical (unpaired) electrons. The fourth-order valence-corrected chi connectivity index (χ4v) is 6.79. The Morgan fingerprint density at radius 2 is 1.14 bits per heavy atom. The SMILES string of the molecule is C=C1C=C(c2ccc(N3C(=C)/C=C\c4ccccc4Cc4c3c3ccccc3c3ccccc43)cc2)C=Cc2ccccc21. The van der Waals surface area contributed by atoms with E-state index in [1.165, 1.54) is 55.0 Å². The topological polar surface area (TPSA) is 3.24 Å². The van der Waals surface area contributed by atoms with Crippen LogP contribution in [0.5, 0.6) is 0 Å². The van der Waals surface area contributed by atoms with Crippen LogP contribution < -0.4 is 4.90 Å². The van der Waals surface area contributed by atoms with E-state index >= 15 is 0 Å². The van der Waals surface area contributed by atoms with Gasteiger partial charge in [0.15, 0.2) is 0 Å². The molecule has 208 valence electrons. The predicted molar refractivity (Wildman–Crippen MR) is 190 cm³/mol. The van der Waals surface area contributed by atoms with E-state index in [0.29, 0.717) is 0 Å². The van der Waals surface area contributed by atoms with Gasteiger partial charge in [0.1, 0.15) is 0 Å². The van der Waals surface area contributed by atoms with Crippen LogP contribution >= 0.6 is 0 Å². The summed E-state index contributed by atoms with van der Waals surface area (Å²) in [5, 5.41) is 5.03. The predicted octanol–water partition coefficient (Wildman–Crippen LogP) is 11.4. The Morgan fingerprint density at radius 1 is 0.523 bits per heavy atom. The molecule has 0 N–H and O–H groups in total. The summed E-state index contributed by atoms with van der Waals surface area (Å²) in [5.41, 5.74) is 12.7. The monoisotopic (exact) mass is 561 g/mol. The minimum absolute atomic E-state index is 0.823. The molecule has 0 spiro atoms. The van der Waals surface area contributed by atoms with Crippen molar-refractivity contribution >= 4 is 56.2 Å². The van der Waals surface area contributed by atoms with Crippen molar-refractivity contribution in [3.8, 4) is 0 Å². The Labute approximate surface area is 258 Å². The zero-order valence-corrected chi connectivity index (χ0v) is 24.5. The van der Waals surface area contributed by atoms with Crippen molar-refractivity contribution in [1.82, 2.24) is 0 Å². The van der Waals surface area contributed by atoms with Gasteiger partial charge in [0, 0.05) is 23.2 Å². The van der Waals surface area contributed by atoms with Gasteiger partial charge in [-0.1, -0.05) is 141 Å². The normalized spacial score (nSPS) is 15.0. The first-order chi connectivity index (χ1) is 21.7. The lowest BCUT2D eigenvalue weighted by Gasteiger charge is -2.30. The van der Waals surface area contributed by atoms with Gasteiger partial charge in [-0.3, -0.25) is 0 Å². The summed E-state index contributed by atoms with van der Waals surface area (Å²) in [4.78, 5) is 2.35. The van der Waals surface area contributed by atoms with Gasteiger partial charge in [-0.15, -0.1) is 0 Å². The highest BCUT2D eigenvalue weighted by atomic mass is 15.1. The molecule has 0 atom stereocenters. The maximum absolute atomic E-state index is 4.64. The van der Waals surface area contributed by atoms with Crippen LogP contribution in [0.2, 0.25) is 0 Å². The van der Waals surface area contributed by atoms with Crippen molar-refractivity contribution in [3.05, 3.63) is 192 Å². The van der Waals surface area contributed by atoms with Gasteiger partial charge in [0.05, 0.1) is 5.69 Å². The first-order valence-corrected chi connectivity index (χ1v) is 15.1. The standard InChI is InChI=1S/C43H31N/c1-29-27-35(22-21-33-12-5-6-14-37(29)33)32-23-25-36(26-24-32)44-30(2)19-20-31-11-3-4-13-34(31)28-42-40-17-8-7-15-38(40)39-16-9-10-18-41(39)43(42)44/h3-27H,1-2,28H2/b20-19-. The van der Waals surface area contributed by atoms with Gasteiger partial charge in [-0.05, 0) is 85.0 Å². The molecular formula is C43H31N. The van der Waals surface area contributed by atoms with Crippen LogP contribution in [0.15, 0.2) is 158 Å². The summed E-state index contributed by atoms with van der Waals surface area (Å²) in [7, 11) is 0. The van der Waals surface area contributed by atoms with Crippen molar-refractivity contribution in [2.24, 2.45) is 0 Å². The first-order valence-electron chi connectivity index (χ1n) is 15.1. The fourth-order valence-electron chi connectivity index (χ4n) is 6.79. The highest BCUT2D eigenvalue weighted by molar-refractivity contribution is 6.16. The molecule has 0 bridgehead atoms. The van der Waals surface area contributed by atoms with E-state index in [1.807, 2.05) is 0 Å². The lowest BCUT2D eigenvalue weighted by Crippen LogP contribution is -2.17. The number of allylic oxidation sites excluding steroid dienone is 5. The summed E-state index contributed by atoms with van der Waals surface area (Å²) < 4.78 is 0.